The van der Waals surface area contributed by atoms with Crippen molar-refractivity contribution < 1.29 is 4.39 Å². The fraction of sp³-hybridized carbons (Fsp3) is 0.133. The van der Waals surface area contributed by atoms with Crippen molar-refractivity contribution in [3.05, 3.63) is 62.3 Å². The lowest BCUT2D eigenvalue weighted by atomic mass is 10.1. The summed E-state index contributed by atoms with van der Waals surface area (Å²) in [7, 11) is 0. The number of anilines is 1. The van der Waals surface area contributed by atoms with Gasteiger partial charge in [0.05, 0.1) is 12.2 Å². The van der Waals surface area contributed by atoms with Gasteiger partial charge in [-0.3, -0.25) is 5.41 Å². The molecule has 0 fully saturated rings. The molecule has 20 heavy (non-hydrogen) atoms. The highest BCUT2D eigenvalue weighted by Gasteiger charge is 2.27. The summed E-state index contributed by atoms with van der Waals surface area (Å²) in [6, 6.07) is 8.31. The van der Waals surface area contributed by atoms with Crippen molar-refractivity contribution in [1.29, 1.82) is 5.41 Å². The van der Waals surface area contributed by atoms with E-state index < -0.39 is 0 Å². The lowest BCUT2D eigenvalue weighted by Gasteiger charge is -2.20. The molecule has 0 unspecified atom stereocenters. The molecule has 3 rings (SSSR count). The molecule has 0 aliphatic carbocycles. The zero-order chi connectivity index (χ0) is 14.4. The van der Waals surface area contributed by atoms with Crippen LogP contribution in [0.5, 0.6) is 0 Å². The predicted molar refractivity (Wildman–Crippen MR) is 83.3 cm³/mol. The van der Waals surface area contributed by atoms with Crippen LogP contribution in [0.3, 0.4) is 0 Å². The Morgan fingerprint density at radius 2 is 2.05 bits per heavy atom. The standard InChI is InChI=1S/C15H11BrClFN2/c1-8-4-12(16)14(6-13(8)17)20-7-9-2-3-10(18)5-11(9)15(20)19/h2-6,19H,7H2,1H3. The molecule has 5 heteroatoms. The van der Waals surface area contributed by atoms with Gasteiger partial charge in [-0.1, -0.05) is 17.7 Å². The highest BCUT2D eigenvalue weighted by molar-refractivity contribution is 9.10. The van der Waals surface area contributed by atoms with Crippen LogP contribution in [-0.2, 0) is 6.54 Å². The van der Waals surface area contributed by atoms with E-state index >= 15 is 0 Å². The number of nitrogens with one attached hydrogen (secondary N) is 1. The highest BCUT2D eigenvalue weighted by atomic mass is 79.9. The molecule has 0 atom stereocenters. The van der Waals surface area contributed by atoms with Crippen LogP contribution in [0.2, 0.25) is 5.02 Å². The smallest absolute Gasteiger partial charge is 0.133 e. The third kappa shape index (κ3) is 2.13. The minimum Gasteiger partial charge on any atom is -0.321 e. The first-order valence-corrected chi connectivity index (χ1v) is 7.25. The molecule has 0 spiro atoms. The maximum absolute atomic E-state index is 13.3. The van der Waals surface area contributed by atoms with E-state index in [4.69, 9.17) is 17.0 Å². The third-order valence-corrected chi connectivity index (χ3v) is 4.49. The molecule has 0 amide bonds. The second kappa shape index (κ2) is 4.86. The Morgan fingerprint density at radius 1 is 1.30 bits per heavy atom. The summed E-state index contributed by atoms with van der Waals surface area (Å²) in [4.78, 5) is 1.82. The lowest BCUT2D eigenvalue weighted by Crippen LogP contribution is -2.23. The average molecular weight is 354 g/mol. The van der Waals surface area contributed by atoms with E-state index in [0.717, 1.165) is 21.3 Å². The molecule has 1 aliphatic rings. The molecular formula is C15H11BrClFN2. The molecule has 1 aliphatic heterocycles. The van der Waals surface area contributed by atoms with E-state index in [-0.39, 0.29) is 5.82 Å². The first-order valence-electron chi connectivity index (χ1n) is 6.08. The van der Waals surface area contributed by atoms with Crippen LogP contribution in [0.4, 0.5) is 10.1 Å². The molecule has 102 valence electrons. The number of aryl methyl sites for hydroxylation is 1. The molecule has 0 saturated carbocycles. The zero-order valence-corrected chi connectivity index (χ0v) is 13.0. The normalized spacial score (nSPS) is 13.8. The number of hydrogen-bond donors (Lipinski definition) is 1. The largest absolute Gasteiger partial charge is 0.321 e. The molecule has 0 radical (unpaired) electrons. The van der Waals surface area contributed by atoms with Crippen LogP contribution in [-0.4, -0.2) is 5.84 Å². The van der Waals surface area contributed by atoms with Crippen molar-refractivity contribution >= 4 is 39.1 Å². The first kappa shape index (κ1) is 13.6. The molecule has 0 bridgehead atoms. The minimum absolute atomic E-state index is 0.292. The second-order valence-corrected chi connectivity index (χ2v) is 6.05. The van der Waals surface area contributed by atoms with Crippen LogP contribution in [0.15, 0.2) is 34.8 Å². The van der Waals surface area contributed by atoms with Crippen molar-refractivity contribution in [2.24, 2.45) is 0 Å². The summed E-state index contributed by atoms with van der Waals surface area (Å²) in [6.45, 7) is 2.47. The summed E-state index contributed by atoms with van der Waals surface area (Å²) < 4.78 is 14.2. The first-order chi connectivity index (χ1) is 9.47. The van der Waals surface area contributed by atoms with E-state index in [1.165, 1.54) is 12.1 Å². The fourth-order valence-corrected chi connectivity index (χ4v) is 3.18. The molecule has 1 N–H and O–H groups in total. The maximum atomic E-state index is 13.3. The Kier molecular flexibility index (Phi) is 3.30. The summed E-state index contributed by atoms with van der Waals surface area (Å²) in [5.74, 6) is -0.0310. The van der Waals surface area contributed by atoms with Crippen molar-refractivity contribution in [3.63, 3.8) is 0 Å². The van der Waals surface area contributed by atoms with E-state index in [1.54, 1.807) is 6.07 Å². The quantitative estimate of drug-likeness (QED) is 0.776. The van der Waals surface area contributed by atoms with Gasteiger partial charge in [0.15, 0.2) is 0 Å². The van der Waals surface area contributed by atoms with Crippen molar-refractivity contribution in [2.75, 3.05) is 4.90 Å². The van der Waals surface area contributed by atoms with E-state index in [0.29, 0.717) is 23.0 Å². The van der Waals surface area contributed by atoms with Crippen molar-refractivity contribution in [2.45, 2.75) is 13.5 Å². The number of hydrogen-bond acceptors (Lipinski definition) is 1. The van der Waals surface area contributed by atoms with E-state index in [2.05, 4.69) is 15.9 Å². The van der Waals surface area contributed by atoms with Crippen LogP contribution in [0.25, 0.3) is 0 Å². The van der Waals surface area contributed by atoms with Crippen molar-refractivity contribution in [3.8, 4) is 0 Å². The Hall–Kier alpha value is -1.39. The average Bonchev–Trinajstić information content (AvgIpc) is 2.71. The summed E-state index contributed by atoms with van der Waals surface area (Å²) in [5.41, 5.74) is 3.37. The van der Waals surface area contributed by atoms with Crippen LogP contribution < -0.4 is 4.90 Å². The Labute approximate surface area is 129 Å². The number of fused-ring (bicyclic) bond motifs is 1. The molecule has 1 heterocycles. The molecule has 0 saturated heterocycles. The molecule has 2 aromatic rings. The minimum atomic E-state index is -0.323. The van der Waals surface area contributed by atoms with Gasteiger partial charge in [-0.15, -0.1) is 0 Å². The number of nitrogens with zero attached hydrogens (tertiary/aromatic N) is 1. The van der Waals surface area contributed by atoms with Gasteiger partial charge < -0.3 is 4.90 Å². The van der Waals surface area contributed by atoms with E-state index in [9.17, 15) is 4.39 Å². The van der Waals surface area contributed by atoms with Gasteiger partial charge in [-0.05, 0) is 58.2 Å². The summed E-state index contributed by atoms with van der Waals surface area (Å²) in [5, 5.41) is 8.89. The van der Waals surface area contributed by atoms with Crippen LogP contribution >= 0.6 is 27.5 Å². The maximum Gasteiger partial charge on any atom is 0.133 e. The summed E-state index contributed by atoms with van der Waals surface area (Å²) in [6.07, 6.45) is 0. The Morgan fingerprint density at radius 3 is 2.80 bits per heavy atom. The van der Waals surface area contributed by atoms with Gasteiger partial charge in [0, 0.05) is 15.1 Å². The fourth-order valence-electron chi connectivity index (χ4n) is 2.35. The molecule has 0 aromatic heterocycles. The number of halogens is 3. The van der Waals surface area contributed by atoms with Crippen LogP contribution in [0, 0.1) is 18.2 Å². The SMILES string of the molecule is Cc1cc(Br)c(N2Cc3ccc(F)cc3C2=N)cc1Cl. The topological polar surface area (TPSA) is 27.1 Å². The molecular weight excluding hydrogens is 343 g/mol. The summed E-state index contributed by atoms with van der Waals surface area (Å²) >= 11 is 9.68. The van der Waals surface area contributed by atoms with Gasteiger partial charge in [0.1, 0.15) is 11.7 Å². The van der Waals surface area contributed by atoms with Crippen LogP contribution in [0.1, 0.15) is 16.7 Å². The van der Waals surface area contributed by atoms with Crippen molar-refractivity contribution in [1.82, 2.24) is 0 Å². The van der Waals surface area contributed by atoms with Gasteiger partial charge in [-0.2, -0.15) is 0 Å². The third-order valence-electron chi connectivity index (χ3n) is 3.44. The Balaban J connectivity index is 2.07. The van der Waals surface area contributed by atoms with Gasteiger partial charge in [0.2, 0.25) is 0 Å². The Bertz CT molecular complexity index is 730. The second-order valence-electron chi connectivity index (χ2n) is 4.79. The molecule has 2 nitrogen and oxygen atoms in total. The molecule has 2 aromatic carbocycles. The monoisotopic (exact) mass is 352 g/mol. The van der Waals surface area contributed by atoms with Gasteiger partial charge in [-0.25, -0.2) is 4.39 Å². The highest BCUT2D eigenvalue weighted by Crippen LogP contribution is 2.36. The zero-order valence-electron chi connectivity index (χ0n) is 10.7. The number of amidine groups is 1. The number of benzene rings is 2. The lowest BCUT2D eigenvalue weighted by molar-refractivity contribution is 0.627. The van der Waals surface area contributed by atoms with Gasteiger partial charge >= 0.3 is 0 Å². The predicted octanol–water partition coefficient (Wildman–Crippen LogP) is 4.90. The van der Waals surface area contributed by atoms with E-state index in [1.807, 2.05) is 24.0 Å². The number of rotatable bonds is 1. The van der Waals surface area contributed by atoms with Gasteiger partial charge in [0.25, 0.3) is 0 Å².